The Labute approximate surface area is 112 Å². The van der Waals surface area contributed by atoms with Crippen LogP contribution in [0.1, 0.15) is 15.9 Å². The number of aryl methyl sites for hydroxylation is 1. The highest BCUT2D eigenvalue weighted by Gasteiger charge is 2.15. The van der Waals surface area contributed by atoms with Crippen LogP contribution >= 0.6 is 27.5 Å². The van der Waals surface area contributed by atoms with Gasteiger partial charge in [0.2, 0.25) is 0 Å². The number of rotatable bonds is 1. The normalized spacial score (nSPS) is 10.6. The maximum Gasteiger partial charge on any atom is 0.340 e. The van der Waals surface area contributed by atoms with Crippen LogP contribution in [0.2, 0.25) is 5.02 Å². The number of aromatic nitrogens is 1. The lowest BCUT2D eigenvalue weighted by molar-refractivity contribution is 0.0600. The van der Waals surface area contributed by atoms with Gasteiger partial charge in [0.15, 0.2) is 0 Å². The summed E-state index contributed by atoms with van der Waals surface area (Å²) < 4.78 is 5.53. The molecule has 0 radical (unpaired) electrons. The minimum atomic E-state index is -0.485. The van der Waals surface area contributed by atoms with Crippen molar-refractivity contribution in [2.75, 3.05) is 7.11 Å². The number of methoxy groups -OCH3 is 1. The molecule has 0 aliphatic rings. The van der Waals surface area contributed by atoms with Crippen LogP contribution in [-0.4, -0.2) is 18.1 Å². The smallest absolute Gasteiger partial charge is 0.340 e. The van der Waals surface area contributed by atoms with E-state index in [4.69, 9.17) is 11.6 Å². The van der Waals surface area contributed by atoms with E-state index >= 15 is 0 Å². The highest BCUT2D eigenvalue weighted by molar-refractivity contribution is 9.10. The van der Waals surface area contributed by atoms with Crippen LogP contribution in [0, 0.1) is 6.92 Å². The van der Waals surface area contributed by atoms with Gasteiger partial charge in [-0.15, -0.1) is 0 Å². The van der Waals surface area contributed by atoms with Gasteiger partial charge in [0.25, 0.3) is 0 Å². The van der Waals surface area contributed by atoms with Crippen molar-refractivity contribution >= 4 is 44.4 Å². The molecule has 0 fully saturated rings. The summed E-state index contributed by atoms with van der Waals surface area (Å²) >= 11 is 9.63. The minimum Gasteiger partial charge on any atom is -0.465 e. The molecule has 0 atom stereocenters. The second-order valence-electron chi connectivity index (χ2n) is 3.57. The Morgan fingerprint density at radius 1 is 1.47 bits per heavy atom. The number of fused-ring (bicyclic) bond motifs is 1. The Bertz CT molecular complexity index is 613. The van der Waals surface area contributed by atoms with E-state index in [-0.39, 0.29) is 5.56 Å². The van der Waals surface area contributed by atoms with Crippen LogP contribution in [0.15, 0.2) is 22.8 Å². The molecule has 0 amide bonds. The number of carbonyl (C=O) groups excluding carboxylic acids is 1. The van der Waals surface area contributed by atoms with Gasteiger partial charge < -0.3 is 4.74 Å². The Hall–Kier alpha value is -1.13. The molecule has 0 aliphatic carbocycles. The van der Waals surface area contributed by atoms with E-state index in [2.05, 4.69) is 25.7 Å². The summed E-state index contributed by atoms with van der Waals surface area (Å²) in [4.78, 5) is 15.7. The van der Waals surface area contributed by atoms with Crippen molar-refractivity contribution in [1.82, 2.24) is 4.98 Å². The Kier molecular flexibility index (Phi) is 3.35. The zero-order chi connectivity index (χ0) is 12.6. The summed E-state index contributed by atoms with van der Waals surface area (Å²) in [6.45, 7) is 1.97. The number of carbonyl (C=O) groups is 1. The van der Waals surface area contributed by atoms with Gasteiger partial charge in [-0.25, -0.2) is 4.79 Å². The van der Waals surface area contributed by atoms with Crippen molar-refractivity contribution in [1.29, 1.82) is 0 Å². The first-order valence-corrected chi connectivity index (χ1v) is 6.05. The van der Waals surface area contributed by atoms with Gasteiger partial charge in [0, 0.05) is 16.1 Å². The van der Waals surface area contributed by atoms with Gasteiger partial charge in [-0.1, -0.05) is 23.7 Å². The zero-order valence-electron chi connectivity index (χ0n) is 9.25. The van der Waals surface area contributed by atoms with Crippen molar-refractivity contribution in [3.05, 3.63) is 39.0 Å². The first-order valence-electron chi connectivity index (χ1n) is 4.88. The second kappa shape index (κ2) is 4.63. The Morgan fingerprint density at radius 3 is 2.82 bits per heavy atom. The molecule has 1 heterocycles. The summed E-state index contributed by atoms with van der Waals surface area (Å²) in [5.41, 5.74) is 2.08. The van der Waals surface area contributed by atoms with E-state index in [1.165, 1.54) is 13.3 Å². The summed E-state index contributed by atoms with van der Waals surface area (Å²) in [6, 6.07) is 3.76. The molecule has 1 aromatic carbocycles. The van der Waals surface area contributed by atoms with Crippen LogP contribution in [0.5, 0.6) is 0 Å². The molecule has 0 saturated heterocycles. The van der Waals surface area contributed by atoms with Crippen molar-refractivity contribution in [3.8, 4) is 0 Å². The maximum atomic E-state index is 11.5. The summed E-state index contributed by atoms with van der Waals surface area (Å²) in [6.07, 6.45) is 1.43. The fourth-order valence-electron chi connectivity index (χ4n) is 1.55. The number of esters is 1. The zero-order valence-corrected chi connectivity index (χ0v) is 11.6. The molecule has 0 bridgehead atoms. The Morgan fingerprint density at radius 2 is 2.18 bits per heavy atom. The topological polar surface area (TPSA) is 39.2 Å². The molecule has 0 saturated carbocycles. The number of nitrogens with zero attached hydrogens (tertiary/aromatic N) is 1. The van der Waals surface area contributed by atoms with Crippen molar-refractivity contribution in [2.24, 2.45) is 0 Å². The molecule has 88 valence electrons. The van der Waals surface area contributed by atoms with Crippen molar-refractivity contribution < 1.29 is 9.53 Å². The molecule has 1 aromatic heterocycles. The highest BCUT2D eigenvalue weighted by atomic mass is 79.9. The van der Waals surface area contributed by atoms with Gasteiger partial charge in [0.1, 0.15) is 0 Å². The van der Waals surface area contributed by atoms with Gasteiger partial charge in [0.05, 0.1) is 23.2 Å². The molecular weight excluding hydrogens is 305 g/mol. The third-order valence-corrected chi connectivity index (χ3v) is 3.92. The third kappa shape index (κ3) is 2.03. The molecule has 0 spiro atoms. The van der Waals surface area contributed by atoms with Gasteiger partial charge in [-0.2, -0.15) is 0 Å². The molecule has 3 nitrogen and oxygen atoms in total. The monoisotopic (exact) mass is 313 g/mol. The van der Waals surface area contributed by atoms with Gasteiger partial charge in [-0.3, -0.25) is 4.98 Å². The SMILES string of the molecule is COC(=O)c1cnc2c(Br)c(C)ccc2c1Cl. The van der Waals surface area contributed by atoms with E-state index < -0.39 is 5.97 Å². The fourth-order valence-corrected chi connectivity index (χ4v) is 2.28. The minimum absolute atomic E-state index is 0.275. The van der Waals surface area contributed by atoms with E-state index in [1.54, 1.807) is 0 Å². The second-order valence-corrected chi connectivity index (χ2v) is 4.74. The van der Waals surface area contributed by atoms with Crippen molar-refractivity contribution in [2.45, 2.75) is 6.92 Å². The highest BCUT2D eigenvalue weighted by Crippen LogP contribution is 2.32. The standard InChI is InChI=1S/C12H9BrClNO2/c1-6-3-4-7-10(14)8(12(16)17-2)5-15-11(7)9(6)13/h3-5H,1-2H3. The average molecular weight is 315 g/mol. The fraction of sp³-hybridized carbons (Fsp3) is 0.167. The number of pyridine rings is 1. The largest absolute Gasteiger partial charge is 0.465 e. The summed E-state index contributed by atoms with van der Waals surface area (Å²) in [5, 5.41) is 1.09. The van der Waals surface area contributed by atoms with Crippen LogP contribution in [0.4, 0.5) is 0 Å². The number of hydrogen-bond acceptors (Lipinski definition) is 3. The summed E-state index contributed by atoms with van der Waals surface area (Å²) in [7, 11) is 1.31. The lowest BCUT2D eigenvalue weighted by atomic mass is 10.1. The van der Waals surface area contributed by atoms with Crippen LogP contribution in [0.3, 0.4) is 0 Å². The molecule has 5 heteroatoms. The molecule has 2 aromatic rings. The van der Waals surface area contributed by atoms with E-state index in [0.29, 0.717) is 5.02 Å². The molecule has 2 rings (SSSR count). The van der Waals surface area contributed by atoms with Crippen LogP contribution < -0.4 is 0 Å². The van der Waals surface area contributed by atoms with Gasteiger partial charge >= 0.3 is 5.97 Å². The molecule has 0 N–H and O–H groups in total. The molecule has 17 heavy (non-hydrogen) atoms. The van der Waals surface area contributed by atoms with Crippen LogP contribution in [-0.2, 0) is 4.74 Å². The lowest BCUT2D eigenvalue weighted by Crippen LogP contribution is -2.03. The molecular formula is C12H9BrClNO2. The quantitative estimate of drug-likeness (QED) is 0.753. The number of halogens is 2. The number of ether oxygens (including phenoxy) is 1. The number of hydrogen-bond donors (Lipinski definition) is 0. The first-order chi connectivity index (χ1) is 8.06. The van der Waals surface area contributed by atoms with Crippen molar-refractivity contribution in [3.63, 3.8) is 0 Å². The molecule has 0 unspecified atom stereocenters. The predicted octanol–water partition coefficient (Wildman–Crippen LogP) is 3.75. The van der Waals surface area contributed by atoms with E-state index in [1.807, 2.05) is 19.1 Å². The first kappa shape index (κ1) is 12.3. The van der Waals surface area contributed by atoms with E-state index in [0.717, 1.165) is 20.9 Å². The number of benzene rings is 1. The predicted molar refractivity (Wildman–Crippen MR) is 70.5 cm³/mol. The Balaban J connectivity index is 2.77. The molecule has 0 aliphatic heterocycles. The van der Waals surface area contributed by atoms with E-state index in [9.17, 15) is 4.79 Å². The van der Waals surface area contributed by atoms with Crippen LogP contribution in [0.25, 0.3) is 10.9 Å². The lowest BCUT2D eigenvalue weighted by Gasteiger charge is -2.08. The average Bonchev–Trinajstić information content (AvgIpc) is 2.33. The van der Waals surface area contributed by atoms with Gasteiger partial charge in [-0.05, 0) is 28.4 Å². The summed E-state index contributed by atoms with van der Waals surface area (Å²) in [5.74, 6) is -0.485. The third-order valence-electron chi connectivity index (χ3n) is 2.51. The maximum absolute atomic E-state index is 11.5.